The minimum Gasteiger partial charge on any atom is -0.445 e. The average molecular weight is 395 g/mol. The van der Waals surface area contributed by atoms with Crippen LogP contribution in [0.4, 0.5) is 4.79 Å². The van der Waals surface area contributed by atoms with E-state index < -0.39 is 0 Å². The van der Waals surface area contributed by atoms with Crippen molar-refractivity contribution >= 4 is 33.6 Å². The van der Waals surface area contributed by atoms with Crippen LogP contribution in [-0.2, 0) is 11.3 Å². The van der Waals surface area contributed by atoms with Crippen molar-refractivity contribution in [2.75, 3.05) is 6.54 Å². The SMILES string of the molecule is O=C(OCc1ccccc1)N1CCCC1c1cc(Br)ccc1Cl. The number of halogens is 2. The molecular formula is C18H17BrClNO2. The molecule has 1 amide bonds. The van der Waals surface area contributed by atoms with Gasteiger partial charge in [-0.3, -0.25) is 0 Å². The van der Waals surface area contributed by atoms with Gasteiger partial charge in [0.2, 0.25) is 0 Å². The molecule has 1 unspecified atom stereocenters. The Labute approximate surface area is 149 Å². The summed E-state index contributed by atoms with van der Waals surface area (Å²) in [4.78, 5) is 14.2. The van der Waals surface area contributed by atoms with Crippen molar-refractivity contribution in [2.45, 2.75) is 25.5 Å². The fraction of sp³-hybridized carbons (Fsp3) is 0.278. The maximum Gasteiger partial charge on any atom is 0.410 e. The van der Waals surface area contributed by atoms with Gasteiger partial charge in [0.1, 0.15) is 6.61 Å². The molecule has 1 saturated heterocycles. The molecule has 23 heavy (non-hydrogen) atoms. The van der Waals surface area contributed by atoms with E-state index in [1.54, 1.807) is 4.90 Å². The number of ether oxygens (including phenoxy) is 1. The van der Waals surface area contributed by atoms with E-state index in [0.717, 1.165) is 28.4 Å². The number of hydrogen-bond acceptors (Lipinski definition) is 2. The average Bonchev–Trinajstić information content (AvgIpc) is 3.05. The summed E-state index contributed by atoms with van der Waals surface area (Å²) >= 11 is 9.79. The molecule has 1 aliphatic rings. The van der Waals surface area contributed by atoms with Crippen LogP contribution in [0.1, 0.15) is 30.0 Å². The molecular weight excluding hydrogens is 378 g/mol. The molecule has 1 aliphatic heterocycles. The molecule has 0 spiro atoms. The minimum atomic E-state index is -0.285. The molecule has 0 N–H and O–H groups in total. The predicted octanol–water partition coefficient (Wildman–Crippen LogP) is 5.58. The molecule has 0 saturated carbocycles. The fourth-order valence-electron chi connectivity index (χ4n) is 2.88. The van der Waals surface area contributed by atoms with Crippen molar-refractivity contribution in [3.63, 3.8) is 0 Å². The van der Waals surface area contributed by atoms with E-state index >= 15 is 0 Å². The summed E-state index contributed by atoms with van der Waals surface area (Å²) in [5.41, 5.74) is 1.95. The third-order valence-corrected chi connectivity index (χ3v) is 4.85. The third-order valence-electron chi connectivity index (χ3n) is 4.01. The summed E-state index contributed by atoms with van der Waals surface area (Å²) in [5, 5.41) is 0.681. The van der Waals surface area contributed by atoms with Crippen molar-refractivity contribution < 1.29 is 9.53 Å². The second kappa shape index (κ2) is 7.37. The monoisotopic (exact) mass is 393 g/mol. The highest BCUT2D eigenvalue weighted by molar-refractivity contribution is 9.10. The normalized spacial score (nSPS) is 17.3. The van der Waals surface area contributed by atoms with Crippen molar-refractivity contribution in [1.29, 1.82) is 0 Å². The lowest BCUT2D eigenvalue weighted by molar-refractivity contribution is 0.0921. The minimum absolute atomic E-state index is 0.0247. The number of carbonyl (C=O) groups is 1. The van der Waals surface area contributed by atoms with Gasteiger partial charge in [-0.25, -0.2) is 4.79 Å². The van der Waals surface area contributed by atoms with Gasteiger partial charge >= 0.3 is 6.09 Å². The quantitative estimate of drug-likeness (QED) is 0.680. The summed E-state index contributed by atoms with van der Waals surface area (Å²) in [6.07, 6.45) is 1.57. The molecule has 2 aromatic rings. The number of carbonyl (C=O) groups excluding carboxylic acids is 1. The molecule has 0 aliphatic carbocycles. The molecule has 3 rings (SSSR count). The van der Waals surface area contributed by atoms with Gasteiger partial charge in [0.25, 0.3) is 0 Å². The Morgan fingerprint density at radius 2 is 2.04 bits per heavy atom. The molecule has 0 bridgehead atoms. The molecule has 0 aromatic heterocycles. The Kier molecular flexibility index (Phi) is 5.23. The van der Waals surface area contributed by atoms with E-state index in [2.05, 4.69) is 15.9 Å². The molecule has 1 atom stereocenters. The van der Waals surface area contributed by atoms with Crippen molar-refractivity contribution in [1.82, 2.24) is 4.90 Å². The zero-order valence-electron chi connectivity index (χ0n) is 12.5. The smallest absolute Gasteiger partial charge is 0.410 e. The first-order chi connectivity index (χ1) is 11.1. The van der Waals surface area contributed by atoms with Gasteiger partial charge in [-0.1, -0.05) is 57.9 Å². The molecule has 0 radical (unpaired) electrons. The zero-order valence-corrected chi connectivity index (χ0v) is 14.9. The number of rotatable bonds is 3. The van der Waals surface area contributed by atoms with Gasteiger partial charge in [-0.2, -0.15) is 0 Å². The van der Waals surface area contributed by atoms with E-state index in [1.807, 2.05) is 48.5 Å². The second-order valence-corrected chi connectivity index (χ2v) is 6.88. The van der Waals surface area contributed by atoms with E-state index in [-0.39, 0.29) is 18.7 Å². The Bertz CT molecular complexity index is 693. The number of likely N-dealkylation sites (tertiary alicyclic amines) is 1. The molecule has 1 fully saturated rings. The van der Waals surface area contributed by atoms with E-state index in [0.29, 0.717) is 11.6 Å². The van der Waals surface area contributed by atoms with Crippen LogP contribution in [0, 0.1) is 0 Å². The van der Waals surface area contributed by atoms with Gasteiger partial charge in [-0.15, -0.1) is 0 Å². The summed E-state index contributed by atoms with van der Waals surface area (Å²) in [6, 6.07) is 15.4. The van der Waals surface area contributed by atoms with Gasteiger partial charge in [0, 0.05) is 16.0 Å². The highest BCUT2D eigenvalue weighted by Gasteiger charge is 2.32. The molecule has 5 heteroatoms. The highest BCUT2D eigenvalue weighted by Crippen LogP contribution is 2.37. The van der Waals surface area contributed by atoms with Crippen molar-refractivity contribution in [2.24, 2.45) is 0 Å². The molecule has 1 heterocycles. The topological polar surface area (TPSA) is 29.5 Å². The van der Waals surface area contributed by atoms with Crippen LogP contribution >= 0.6 is 27.5 Å². The fourth-order valence-corrected chi connectivity index (χ4v) is 3.50. The summed E-state index contributed by atoms with van der Waals surface area (Å²) in [7, 11) is 0. The second-order valence-electron chi connectivity index (χ2n) is 5.56. The summed E-state index contributed by atoms with van der Waals surface area (Å²) < 4.78 is 6.43. The maximum atomic E-state index is 12.4. The van der Waals surface area contributed by atoms with Crippen molar-refractivity contribution in [3.8, 4) is 0 Å². The third kappa shape index (κ3) is 3.88. The van der Waals surface area contributed by atoms with Crippen molar-refractivity contribution in [3.05, 3.63) is 69.2 Å². The number of amides is 1. The Hall–Kier alpha value is -1.52. The van der Waals surface area contributed by atoms with Gasteiger partial charge in [0.05, 0.1) is 6.04 Å². The Morgan fingerprint density at radius 1 is 1.26 bits per heavy atom. The first-order valence-electron chi connectivity index (χ1n) is 7.57. The standard InChI is InChI=1S/C18H17BrClNO2/c19-14-8-9-16(20)15(11-14)17-7-4-10-21(17)18(22)23-12-13-5-2-1-3-6-13/h1-3,5-6,8-9,11,17H,4,7,10,12H2. The first-order valence-corrected chi connectivity index (χ1v) is 8.74. The van der Waals surface area contributed by atoms with Gasteiger partial charge in [-0.05, 0) is 42.2 Å². The maximum absolute atomic E-state index is 12.4. The van der Waals surface area contributed by atoms with Crippen LogP contribution in [0.25, 0.3) is 0 Å². The summed E-state index contributed by atoms with van der Waals surface area (Å²) in [6.45, 7) is 0.982. The van der Waals surface area contributed by atoms with Gasteiger partial charge in [0.15, 0.2) is 0 Å². The number of nitrogens with zero attached hydrogens (tertiary/aromatic N) is 1. The van der Waals surface area contributed by atoms with Gasteiger partial charge < -0.3 is 9.64 Å². The zero-order chi connectivity index (χ0) is 16.2. The molecule has 2 aromatic carbocycles. The van der Waals surface area contributed by atoms with E-state index in [1.165, 1.54) is 0 Å². The van der Waals surface area contributed by atoms with E-state index in [9.17, 15) is 4.79 Å². The van der Waals surface area contributed by atoms with Crippen LogP contribution in [0.2, 0.25) is 5.02 Å². The van der Waals surface area contributed by atoms with Crippen LogP contribution in [0.3, 0.4) is 0 Å². The lowest BCUT2D eigenvalue weighted by Crippen LogP contribution is -2.31. The molecule has 120 valence electrons. The van der Waals surface area contributed by atoms with Crippen LogP contribution in [0.15, 0.2) is 53.0 Å². The lowest BCUT2D eigenvalue weighted by Gasteiger charge is -2.25. The van der Waals surface area contributed by atoms with Crippen LogP contribution < -0.4 is 0 Å². The summed E-state index contributed by atoms with van der Waals surface area (Å²) in [5.74, 6) is 0. The lowest BCUT2D eigenvalue weighted by atomic mass is 10.0. The largest absolute Gasteiger partial charge is 0.445 e. The van der Waals surface area contributed by atoms with Crippen LogP contribution in [-0.4, -0.2) is 17.5 Å². The Balaban J connectivity index is 1.71. The Morgan fingerprint density at radius 3 is 2.83 bits per heavy atom. The molecule has 3 nitrogen and oxygen atoms in total. The number of hydrogen-bond donors (Lipinski definition) is 0. The first kappa shape index (κ1) is 16.3. The predicted molar refractivity (Wildman–Crippen MR) is 94.5 cm³/mol. The highest BCUT2D eigenvalue weighted by atomic mass is 79.9. The van der Waals surface area contributed by atoms with Crippen LogP contribution in [0.5, 0.6) is 0 Å². The number of benzene rings is 2. The van der Waals surface area contributed by atoms with E-state index in [4.69, 9.17) is 16.3 Å².